The number of nitrogens with zero attached hydrogens (tertiary/aromatic N) is 3. The van der Waals surface area contributed by atoms with Gasteiger partial charge in [-0.05, 0) is 38.2 Å². The number of amides is 3. The third-order valence-corrected chi connectivity index (χ3v) is 5.12. The molecule has 3 aliphatic rings. The van der Waals surface area contributed by atoms with Crippen molar-refractivity contribution in [3.05, 3.63) is 17.5 Å². The van der Waals surface area contributed by atoms with Gasteiger partial charge in [0.15, 0.2) is 0 Å². The van der Waals surface area contributed by atoms with Gasteiger partial charge in [-0.3, -0.25) is 14.8 Å². The van der Waals surface area contributed by atoms with E-state index in [0.717, 1.165) is 31.4 Å². The van der Waals surface area contributed by atoms with Gasteiger partial charge < -0.3 is 4.90 Å². The Morgan fingerprint density at radius 1 is 1.45 bits per heavy atom. The lowest BCUT2D eigenvalue weighted by atomic mass is 9.91. The zero-order chi connectivity index (χ0) is 13.9. The molecule has 20 heavy (non-hydrogen) atoms. The highest BCUT2D eigenvalue weighted by Gasteiger charge is 2.58. The molecule has 0 aromatic carbocycles. The summed E-state index contributed by atoms with van der Waals surface area (Å²) in [6, 6.07) is -0.117. The van der Waals surface area contributed by atoms with Gasteiger partial charge in [-0.1, -0.05) is 0 Å². The summed E-state index contributed by atoms with van der Waals surface area (Å²) in [5, 5.41) is 7.04. The average Bonchev–Trinajstić information content (AvgIpc) is 3.08. The van der Waals surface area contributed by atoms with Crippen LogP contribution in [0.25, 0.3) is 0 Å². The molecule has 106 valence electrons. The van der Waals surface area contributed by atoms with Crippen LogP contribution < -0.4 is 0 Å². The lowest BCUT2D eigenvalue weighted by Gasteiger charge is -2.29. The van der Waals surface area contributed by atoms with Gasteiger partial charge in [0.2, 0.25) is 0 Å². The highest BCUT2D eigenvalue weighted by Crippen LogP contribution is 2.39. The Hall–Kier alpha value is -1.85. The number of H-pyrrole nitrogens is 1. The van der Waals surface area contributed by atoms with Crippen molar-refractivity contribution in [2.24, 2.45) is 0 Å². The predicted octanol–water partition coefficient (Wildman–Crippen LogP) is 1.08. The van der Waals surface area contributed by atoms with Gasteiger partial charge in [-0.15, -0.1) is 0 Å². The molecule has 2 aliphatic heterocycles. The van der Waals surface area contributed by atoms with Gasteiger partial charge in [-0.2, -0.15) is 5.10 Å². The minimum absolute atomic E-state index is 0.00651. The van der Waals surface area contributed by atoms with Crippen LogP contribution in [0, 0.1) is 0 Å². The Morgan fingerprint density at radius 3 is 3.10 bits per heavy atom. The Labute approximate surface area is 117 Å². The van der Waals surface area contributed by atoms with Gasteiger partial charge in [0, 0.05) is 24.7 Å². The molecule has 0 bridgehead atoms. The number of imide groups is 1. The van der Waals surface area contributed by atoms with Crippen LogP contribution in [0.15, 0.2) is 6.20 Å². The lowest BCUT2D eigenvalue weighted by Crippen LogP contribution is -2.46. The molecule has 6 nitrogen and oxygen atoms in total. The summed E-state index contributed by atoms with van der Waals surface area (Å²) >= 11 is 0. The molecule has 1 aromatic rings. The predicted molar refractivity (Wildman–Crippen MR) is 71.0 cm³/mol. The molecule has 3 amide bonds. The topological polar surface area (TPSA) is 69.3 Å². The smallest absolute Gasteiger partial charge is 0.310 e. The van der Waals surface area contributed by atoms with E-state index in [4.69, 9.17) is 0 Å². The number of carbonyl (C=O) groups is 2. The lowest BCUT2D eigenvalue weighted by molar-refractivity contribution is -0.133. The van der Waals surface area contributed by atoms with Gasteiger partial charge >= 0.3 is 6.03 Å². The maximum absolute atomic E-state index is 12.7. The first kappa shape index (κ1) is 11.9. The summed E-state index contributed by atoms with van der Waals surface area (Å²) < 4.78 is 0. The number of hydrogen-bond acceptors (Lipinski definition) is 3. The molecule has 0 spiro atoms. The van der Waals surface area contributed by atoms with Crippen LogP contribution in [0.5, 0.6) is 0 Å². The fourth-order valence-corrected chi connectivity index (χ4v) is 3.90. The molecule has 3 heterocycles. The maximum Gasteiger partial charge on any atom is 0.327 e. The quantitative estimate of drug-likeness (QED) is 0.779. The number of carbonyl (C=O) groups excluding carboxylic acids is 2. The van der Waals surface area contributed by atoms with Crippen molar-refractivity contribution in [1.29, 1.82) is 0 Å². The summed E-state index contributed by atoms with van der Waals surface area (Å²) in [7, 11) is 0. The molecule has 1 aromatic heterocycles. The summed E-state index contributed by atoms with van der Waals surface area (Å²) in [5.74, 6) is -0.00651. The molecule has 0 saturated carbocycles. The standard InChI is InChI=1S/C14H18N4O2/c1-14-5-2-6-17(14)13(20)18(12(14)19)10-4-3-9-8-15-16-11(9)7-10/h8,10H,2-7H2,1H3,(H,15,16). The van der Waals surface area contributed by atoms with E-state index in [1.807, 2.05) is 13.1 Å². The Bertz CT molecular complexity index is 596. The molecule has 1 aliphatic carbocycles. The van der Waals surface area contributed by atoms with Gasteiger partial charge in [0.1, 0.15) is 5.54 Å². The van der Waals surface area contributed by atoms with E-state index in [1.54, 1.807) is 4.90 Å². The van der Waals surface area contributed by atoms with Crippen molar-refractivity contribution in [2.75, 3.05) is 6.54 Å². The molecule has 0 radical (unpaired) electrons. The Balaban J connectivity index is 1.64. The second-order valence-corrected chi connectivity index (χ2v) is 6.26. The zero-order valence-corrected chi connectivity index (χ0v) is 11.6. The van der Waals surface area contributed by atoms with E-state index in [1.165, 1.54) is 10.5 Å². The molecule has 2 saturated heterocycles. The first-order chi connectivity index (χ1) is 9.61. The number of aromatic nitrogens is 2. The van der Waals surface area contributed by atoms with Crippen LogP contribution in [-0.4, -0.2) is 50.1 Å². The number of fused-ring (bicyclic) bond motifs is 2. The summed E-state index contributed by atoms with van der Waals surface area (Å²) in [6.07, 6.45) is 5.99. The fraction of sp³-hybridized carbons (Fsp3) is 0.643. The highest BCUT2D eigenvalue weighted by molar-refractivity contribution is 6.07. The third-order valence-electron chi connectivity index (χ3n) is 5.12. The van der Waals surface area contributed by atoms with Gasteiger partial charge in [0.05, 0.1) is 6.20 Å². The number of nitrogens with one attached hydrogen (secondary N) is 1. The Kier molecular flexibility index (Phi) is 2.29. The SMILES string of the molecule is CC12CCCN1C(=O)N(C1CCc3cn[nH]c3C1)C2=O. The van der Waals surface area contributed by atoms with Crippen molar-refractivity contribution in [1.82, 2.24) is 20.0 Å². The second-order valence-electron chi connectivity index (χ2n) is 6.26. The van der Waals surface area contributed by atoms with Crippen molar-refractivity contribution in [2.45, 2.75) is 50.6 Å². The number of aromatic amines is 1. The first-order valence-electron chi connectivity index (χ1n) is 7.27. The van der Waals surface area contributed by atoms with E-state index in [9.17, 15) is 9.59 Å². The summed E-state index contributed by atoms with van der Waals surface area (Å²) in [6.45, 7) is 2.62. The van der Waals surface area contributed by atoms with Gasteiger partial charge in [0.25, 0.3) is 5.91 Å². The van der Waals surface area contributed by atoms with E-state index in [0.29, 0.717) is 13.0 Å². The van der Waals surface area contributed by atoms with Crippen LogP contribution in [0.4, 0.5) is 4.79 Å². The monoisotopic (exact) mass is 274 g/mol. The van der Waals surface area contributed by atoms with Crippen molar-refractivity contribution >= 4 is 11.9 Å². The molecule has 2 fully saturated rings. The number of urea groups is 1. The molecule has 4 rings (SSSR count). The van der Waals surface area contributed by atoms with Crippen molar-refractivity contribution in [3.8, 4) is 0 Å². The van der Waals surface area contributed by atoms with Crippen molar-refractivity contribution < 1.29 is 9.59 Å². The van der Waals surface area contributed by atoms with Gasteiger partial charge in [-0.25, -0.2) is 4.79 Å². The molecule has 6 heteroatoms. The molecule has 2 atom stereocenters. The summed E-state index contributed by atoms with van der Waals surface area (Å²) in [4.78, 5) is 28.5. The minimum atomic E-state index is -0.592. The highest BCUT2D eigenvalue weighted by atomic mass is 16.2. The number of aryl methyl sites for hydroxylation is 1. The maximum atomic E-state index is 12.7. The Morgan fingerprint density at radius 2 is 2.30 bits per heavy atom. The molecular weight excluding hydrogens is 256 g/mol. The largest absolute Gasteiger partial charge is 0.327 e. The van der Waals surface area contributed by atoms with E-state index in [-0.39, 0.29) is 18.0 Å². The normalized spacial score (nSPS) is 32.8. The van der Waals surface area contributed by atoms with E-state index in [2.05, 4.69) is 10.2 Å². The third kappa shape index (κ3) is 1.36. The van der Waals surface area contributed by atoms with Crippen LogP contribution in [-0.2, 0) is 17.6 Å². The van der Waals surface area contributed by atoms with E-state index < -0.39 is 5.54 Å². The van der Waals surface area contributed by atoms with Crippen LogP contribution in [0.1, 0.15) is 37.4 Å². The second kappa shape index (κ2) is 3.84. The number of hydrogen-bond donors (Lipinski definition) is 1. The molecule has 1 N–H and O–H groups in total. The van der Waals surface area contributed by atoms with Crippen LogP contribution >= 0.6 is 0 Å². The summed E-state index contributed by atoms with van der Waals surface area (Å²) in [5.41, 5.74) is 1.69. The van der Waals surface area contributed by atoms with Crippen LogP contribution in [0.3, 0.4) is 0 Å². The molecule has 2 unspecified atom stereocenters. The van der Waals surface area contributed by atoms with E-state index >= 15 is 0 Å². The zero-order valence-electron chi connectivity index (χ0n) is 11.6. The molecular formula is C14H18N4O2. The van der Waals surface area contributed by atoms with Crippen molar-refractivity contribution in [3.63, 3.8) is 0 Å². The minimum Gasteiger partial charge on any atom is -0.310 e. The number of rotatable bonds is 1. The average molecular weight is 274 g/mol. The first-order valence-corrected chi connectivity index (χ1v) is 7.27. The fourth-order valence-electron chi connectivity index (χ4n) is 3.90. The van der Waals surface area contributed by atoms with Crippen LogP contribution in [0.2, 0.25) is 0 Å².